The van der Waals surface area contributed by atoms with E-state index in [0.717, 1.165) is 42.1 Å². The predicted molar refractivity (Wildman–Crippen MR) is 69.9 cm³/mol. The molecule has 0 saturated carbocycles. The first kappa shape index (κ1) is 11.3. The Balaban J connectivity index is 1.82. The number of carbonyl (C=O) groups excluding carboxylic acids is 1. The highest BCUT2D eigenvalue weighted by Crippen LogP contribution is 2.45. The molecule has 1 aliphatic carbocycles. The number of hydrogen-bond donors (Lipinski definition) is 0. The molecule has 2 aliphatic heterocycles. The normalized spacial score (nSPS) is 29.0. The van der Waals surface area contributed by atoms with Crippen molar-refractivity contribution in [3.05, 3.63) is 23.3 Å². The molecule has 4 rings (SSSR count). The Morgan fingerprint density at radius 2 is 2.05 bits per heavy atom. The Hall–Kier alpha value is -1.55. The third-order valence-electron chi connectivity index (χ3n) is 4.65. The monoisotopic (exact) mass is 259 g/mol. The number of carbonyl (C=O) groups is 1. The van der Waals surface area contributed by atoms with Gasteiger partial charge in [0.05, 0.1) is 0 Å². The Kier molecular flexibility index (Phi) is 2.36. The van der Waals surface area contributed by atoms with Crippen LogP contribution >= 0.6 is 0 Å². The van der Waals surface area contributed by atoms with Crippen molar-refractivity contribution in [1.29, 1.82) is 0 Å². The second-order valence-corrected chi connectivity index (χ2v) is 5.84. The molecule has 0 bridgehead atoms. The summed E-state index contributed by atoms with van der Waals surface area (Å²) in [5.41, 5.74) is 2.01. The van der Waals surface area contributed by atoms with Crippen molar-refractivity contribution in [3.63, 3.8) is 0 Å². The molecule has 1 saturated heterocycles. The van der Waals surface area contributed by atoms with E-state index in [0.29, 0.717) is 18.3 Å². The summed E-state index contributed by atoms with van der Waals surface area (Å²) >= 11 is 0. The lowest BCUT2D eigenvalue weighted by Gasteiger charge is -2.40. The second-order valence-electron chi connectivity index (χ2n) is 5.84. The van der Waals surface area contributed by atoms with Gasteiger partial charge in [-0.3, -0.25) is 4.79 Å². The molecule has 19 heavy (non-hydrogen) atoms. The largest absolute Gasteiger partial charge is 0.454 e. The standard InChI is InChI=1S/C15H17NO3/c1-16-3-2-9-4-13(17)11-6-15-14(18-8-19-15)5-10(11)12(9)7-16/h5-6,9,12H,2-4,7-8H2,1H3. The summed E-state index contributed by atoms with van der Waals surface area (Å²) in [5, 5.41) is 0. The summed E-state index contributed by atoms with van der Waals surface area (Å²) in [6.07, 6.45) is 1.80. The fourth-order valence-electron chi connectivity index (χ4n) is 3.61. The van der Waals surface area contributed by atoms with Gasteiger partial charge in [0, 0.05) is 24.4 Å². The highest BCUT2D eigenvalue weighted by atomic mass is 16.7. The van der Waals surface area contributed by atoms with Crippen LogP contribution in [0.4, 0.5) is 0 Å². The zero-order chi connectivity index (χ0) is 13.0. The van der Waals surface area contributed by atoms with Crippen LogP contribution in [0.3, 0.4) is 0 Å². The third kappa shape index (κ3) is 1.66. The van der Waals surface area contributed by atoms with E-state index >= 15 is 0 Å². The van der Waals surface area contributed by atoms with Gasteiger partial charge in [-0.15, -0.1) is 0 Å². The summed E-state index contributed by atoms with van der Waals surface area (Å²) in [7, 11) is 2.15. The van der Waals surface area contributed by atoms with E-state index in [2.05, 4.69) is 11.9 Å². The maximum Gasteiger partial charge on any atom is 0.231 e. The van der Waals surface area contributed by atoms with Crippen LogP contribution in [-0.2, 0) is 0 Å². The number of piperidine rings is 1. The van der Waals surface area contributed by atoms with Crippen LogP contribution in [0.2, 0.25) is 0 Å². The van der Waals surface area contributed by atoms with Crippen LogP contribution in [0.1, 0.15) is 34.7 Å². The number of Topliss-reactive ketones (excluding diaryl/α,β-unsaturated/α-hetero) is 1. The number of ketones is 1. The molecule has 2 atom stereocenters. The van der Waals surface area contributed by atoms with Crippen molar-refractivity contribution in [2.75, 3.05) is 26.9 Å². The molecule has 4 heteroatoms. The highest BCUT2D eigenvalue weighted by Gasteiger charge is 2.38. The first-order chi connectivity index (χ1) is 9.22. The molecule has 4 nitrogen and oxygen atoms in total. The molecule has 1 fully saturated rings. The summed E-state index contributed by atoms with van der Waals surface area (Å²) < 4.78 is 10.8. The average molecular weight is 259 g/mol. The number of nitrogens with zero attached hydrogens (tertiary/aromatic N) is 1. The number of hydrogen-bond acceptors (Lipinski definition) is 4. The quantitative estimate of drug-likeness (QED) is 0.714. The third-order valence-corrected chi connectivity index (χ3v) is 4.65. The van der Waals surface area contributed by atoms with Crippen LogP contribution in [0.5, 0.6) is 11.5 Å². The lowest BCUT2D eigenvalue weighted by atomic mass is 9.71. The van der Waals surface area contributed by atoms with Crippen LogP contribution < -0.4 is 9.47 Å². The van der Waals surface area contributed by atoms with Gasteiger partial charge in [0.15, 0.2) is 17.3 Å². The zero-order valence-corrected chi connectivity index (χ0v) is 11.0. The molecular weight excluding hydrogens is 242 g/mol. The van der Waals surface area contributed by atoms with Gasteiger partial charge >= 0.3 is 0 Å². The molecule has 2 unspecified atom stereocenters. The van der Waals surface area contributed by atoms with Crippen LogP contribution in [0.15, 0.2) is 12.1 Å². The number of ether oxygens (including phenoxy) is 2. The number of fused-ring (bicyclic) bond motifs is 4. The van der Waals surface area contributed by atoms with E-state index in [1.807, 2.05) is 12.1 Å². The molecule has 0 aromatic heterocycles. The predicted octanol–water partition coefficient (Wildman–Crippen LogP) is 2.04. The van der Waals surface area contributed by atoms with Crippen molar-refractivity contribution in [3.8, 4) is 11.5 Å². The molecule has 1 aromatic carbocycles. The first-order valence-electron chi connectivity index (χ1n) is 6.87. The van der Waals surface area contributed by atoms with Gasteiger partial charge in [-0.2, -0.15) is 0 Å². The molecule has 0 radical (unpaired) electrons. The van der Waals surface area contributed by atoms with Crippen molar-refractivity contribution in [2.24, 2.45) is 5.92 Å². The molecule has 100 valence electrons. The van der Waals surface area contributed by atoms with E-state index in [4.69, 9.17) is 9.47 Å². The van der Waals surface area contributed by atoms with Gasteiger partial charge in [0.1, 0.15) is 0 Å². The Morgan fingerprint density at radius 1 is 1.26 bits per heavy atom. The van der Waals surface area contributed by atoms with E-state index < -0.39 is 0 Å². The van der Waals surface area contributed by atoms with Gasteiger partial charge in [-0.1, -0.05) is 0 Å². The van der Waals surface area contributed by atoms with E-state index in [1.54, 1.807) is 0 Å². The lowest BCUT2D eigenvalue weighted by molar-refractivity contribution is 0.0887. The van der Waals surface area contributed by atoms with Gasteiger partial charge < -0.3 is 14.4 Å². The maximum absolute atomic E-state index is 12.3. The van der Waals surface area contributed by atoms with E-state index in [9.17, 15) is 4.79 Å². The van der Waals surface area contributed by atoms with Crippen LogP contribution in [0.25, 0.3) is 0 Å². The van der Waals surface area contributed by atoms with E-state index in [-0.39, 0.29) is 12.6 Å². The second kappa shape index (κ2) is 3.97. The number of likely N-dealkylation sites (N-methyl/N-ethyl adjacent to an activating group) is 1. The number of benzene rings is 1. The molecule has 0 spiro atoms. The molecule has 0 N–H and O–H groups in total. The number of rotatable bonds is 0. The molecule has 2 heterocycles. The minimum atomic E-state index is 0.263. The minimum Gasteiger partial charge on any atom is -0.454 e. The Bertz CT molecular complexity index is 555. The Morgan fingerprint density at radius 3 is 2.89 bits per heavy atom. The minimum absolute atomic E-state index is 0.263. The molecule has 3 aliphatic rings. The lowest BCUT2D eigenvalue weighted by Crippen LogP contribution is -2.40. The molecular formula is C15H17NO3. The fourth-order valence-corrected chi connectivity index (χ4v) is 3.61. The topological polar surface area (TPSA) is 38.8 Å². The highest BCUT2D eigenvalue weighted by molar-refractivity contribution is 6.00. The average Bonchev–Trinajstić information content (AvgIpc) is 2.85. The van der Waals surface area contributed by atoms with Crippen molar-refractivity contribution >= 4 is 5.78 Å². The van der Waals surface area contributed by atoms with Gasteiger partial charge in [0.2, 0.25) is 6.79 Å². The smallest absolute Gasteiger partial charge is 0.231 e. The Labute approximate surface area is 112 Å². The molecule has 1 aromatic rings. The summed E-state index contributed by atoms with van der Waals surface area (Å²) in [6, 6.07) is 3.91. The van der Waals surface area contributed by atoms with Crippen molar-refractivity contribution < 1.29 is 14.3 Å². The van der Waals surface area contributed by atoms with Crippen LogP contribution in [0, 0.1) is 5.92 Å². The fraction of sp³-hybridized carbons (Fsp3) is 0.533. The van der Waals surface area contributed by atoms with Gasteiger partial charge in [-0.25, -0.2) is 0 Å². The SMILES string of the molecule is CN1CCC2CC(=O)c3cc4c(cc3C2C1)OCO4. The van der Waals surface area contributed by atoms with Crippen LogP contribution in [-0.4, -0.2) is 37.6 Å². The van der Waals surface area contributed by atoms with E-state index in [1.165, 1.54) is 0 Å². The summed E-state index contributed by atoms with van der Waals surface area (Å²) in [5.74, 6) is 2.73. The first-order valence-corrected chi connectivity index (χ1v) is 6.87. The maximum atomic E-state index is 12.3. The van der Waals surface area contributed by atoms with Gasteiger partial charge in [0.25, 0.3) is 0 Å². The summed E-state index contributed by atoms with van der Waals surface area (Å²) in [6.45, 7) is 2.39. The number of likely N-dealkylation sites (tertiary alicyclic amines) is 1. The van der Waals surface area contributed by atoms with Crippen molar-refractivity contribution in [1.82, 2.24) is 4.90 Å². The summed E-state index contributed by atoms with van der Waals surface area (Å²) in [4.78, 5) is 14.7. The van der Waals surface area contributed by atoms with Gasteiger partial charge in [-0.05, 0) is 43.6 Å². The zero-order valence-electron chi connectivity index (χ0n) is 11.0. The molecule has 0 amide bonds. The van der Waals surface area contributed by atoms with Crippen molar-refractivity contribution in [2.45, 2.75) is 18.8 Å².